The lowest BCUT2D eigenvalue weighted by atomic mass is 9.93. The molecule has 20 heavy (non-hydrogen) atoms. The third-order valence-corrected chi connectivity index (χ3v) is 4.30. The van der Waals surface area contributed by atoms with Crippen molar-refractivity contribution in [1.82, 2.24) is 4.90 Å². The van der Waals surface area contributed by atoms with Crippen LogP contribution in [0.1, 0.15) is 45.4 Å². The van der Waals surface area contributed by atoms with Crippen LogP contribution in [0.2, 0.25) is 0 Å². The standard InChI is InChI=1S/C15H30N2O3/c1-3-13(6-9-16)4-5-14(18)17(2)12-15(19)7-10-20-11-8-15/h13,19H,3-12,16H2,1-2H3. The van der Waals surface area contributed by atoms with Gasteiger partial charge in [-0.05, 0) is 25.3 Å². The molecule has 118 valence electrons. The quantitative estimate of drug-likeness (QED) is 0.701. The minimum absolute atomic E-state index is 0.111. The van der Waals surface area contributed by atoms with E-state index in [9.17, 15) is 9.90 Å². The fourth-order valence-corrected chi connectivity index (χ4v) is 2.75. The summed E-state index contributed by atoms with van der Waals surface area (Å²) in [5.74, 6) is 0.643. The molecule has 5 nitrogen and oxygen atoms in total. The molecule has 0 aliphatic carbocycles. The minimum atomic E-state index is -0.774. The van der Waals surface area contributed by atoms with Crippen LogP contribution in [0, 0.1) is 5.92 Å². The van der Waals surface area contributed by atoms with Gasteiger partial charge in [-0.3, -0.25) is 4.79 Å². The summed E-state index contributed by atoms with van der Waals surface area (Å²) in [6.07, 6.45) is 4.69. The Morgan fingerprint density at radius 3 is 2.60 bits per heavy atom. The molecule has 0 aromatic heterocycles. The van der Waals surface area contributed by atoms with Crippen molar-refractivity contribution in [2.24, 2.45) is 11.7 Å². The van der Waals surface area contributed by atoms with Crippen molar-refractivity contribution in [3.63, 3.8) is 0 Å². The molecule has 0 aromatic carbocycles. The highest BCUT2D eigenvalue weighted by Crippen LogP contribution is 2.22. The minimum Gasteiger partial charge on any atom is -0.388 e. The molecular formula is C15H30N2O3. The summed E-state index contributed by atoms with van der Waals surface area (Å²) < 4.78 is 5.25. The van der Waals surface area contributed by atoms with E-state index in [1.165, 1.54) is 0 Å². The van der Waals surface area contributed by atoms with Crippen LogP contribution in [0.25, 0.3) is 0 Å². The Hall–Kier alpha value is -0.650. The summed E-state index contributed by atoms with van der Waals surface area (Å²) in [6.45, 7) is 4.38. The Bertz CT molecular complexity index is 291. The lowest BCUT2D eigenvalue weighted by Gasteiger charge is -2.35. The predicted molar refractivity (Wildman–Crippen MR) is 79.3 cm³/mol. The average Bonchev–Trinajstić information content (AvgIpc) is 2.43. The first-order valence-corrected chi connectivity index (χ1v) is 7.75. The van der Waals surface area contributed by atoms with E-state index < -0.39 is 5.60 Å². The molecule has 1 aliphatic rings. The highest BCUT2D eigenvalue weighted by atomic mass is 16.5. The van der Waals surface area contributed by atoms with Crippen molar-refractivity contribution >= 4 is 5.91 Å². The van der Waals surface area contributed by atoms with Gasteiger partial charge in [0, 0.05) is 46.1 Å². The summed E-state index contributed by atoms with van der Waals surface area (Å²) >= 11 is 0. The molecule has 1 fully saturated rings. The van der Waals surface area contributed by atoms with Crippen LogP contribution in [-0.4, -0.2) is 54.9 Å². The van der Waals surface area contributed by atoms with Crippen LogP contribution < -0.4 is 5.73 Å². The van der Waals surface area contributed by atoms with Gasteiger partial charge in [-0.2, -0.15) is 0 Å². The average molecular weight is 286 g/mol. The third kappa shape index (κ3) is 5.77. The molecule has 1 rings (SSSR count). The van der Waals surface area contributed by atoms with E-state index >= 15 is 0 Å². The number of nitrogens with zero attached hydrogens (tertiary/aromatic N) is 1. The number of rotatable bonds is 8. The van der Waals surface area contributed by atoms with Gasteiger partial charge in [0.15, 0.2) is 0 Å². The summed E-state index contributed by atoms with van der Waals surface area (Å²) in [4.78, 5) is 13.8. The number of ether oxygens (including phenoxy) is 1. The van der Waals surface area contributed by atoms with Gasteiger partial charge >= 0.3 is 0 Å². The van der Waals surface area contributed by atoms with Crippen molar-refractivity contribution in [2.45, 2.75) is 51.0 Å². The number of hydrogen-bond donors (Lipinski definition) is 2. The summed E-state index contributed by atoms with van der Waals surface area (Å²) in [7, 11) is 1.78. The summed E-state index contributed by atoms with van der Waals surface area (Å²) in [5, 5.41) is 10.4. The number of hydrogen-bond acceptors (Lipinski definition) is 4. The van der Waals surface area contributed by atoms with Crippen molar-refractivity contribution in [1.29, 1.82) is 0 Å². The molecule has 0 radical (unpaired) electrons. The van der Waals surface area contributed by atoms with Crippen LogP contribution in [0.4, 0.5) is 0 Å². The second-order valence-electron chi connectivity index (χ2n) is 5.98. The van der Waals surface area contributed by atoms with Gasteiger partial charge in [0.1, 0.15) is 0 Å². The van der Waals surface area contributed by atoms with Crippen molar-refractivity contribution in [3.05, 3.63) is 0 Å². The first-order chi connectivity index (χ1) is 9.50. The van der Waals surface area contributed by atoms with Gasteiger partial charge in [0.05, 0.1) is 5.60 Å². The number of carbonyl (C=O) groups is 1. The van der Waals surface area contributed by atoms with Gasteiger partial charge in [-0.25, -0.2) is 0 Å². The summed E-state index contributed by atoms with van der Waals surface area (Å²) in [6, 6.07) is 0. The second kappa shape index (κ2) is 8.60. The van der Waals surface area contributed by atoms with Gasteiger partial charge in [-0.1, -0.05) is 13.3 Å². The lowest BCUT2D eigenvalue weighted by Crippen LogP contribution is -2.47. The summed E-state index contributed by atoms with van der Waals surface area (Å²) in [5.41, 5.74) is 4.80. The van der Waals surface area contributed by atoms with Gasteiger partial charge in [0.2, 0.25) is 5.91 Å². The number of likely N-dealkylation sites (N-methyl/N-ethyl adjacent to an activating group) is 1. The van der Waals surface area contributed by atoms with Gasteiger partial charge < -0.3 is 20.5 Å². The highest BCUT2D eigenvalue weighted by molar-refractivity contribution is 5.75. The van der Waals surface area contributed by atoms with E-state index in [4.69, 9.17) is 10.5 Å². The van der Waals surface area contributed by atoms with Crippen LogP contribution in [-0.2, 0) is 9.53 Å². The Kier molecular flexibility index (Phi) is 7.48. The molecule has 1 atom stereocenters. The molecule has 3 N–H and O–H groups in total. The van der Waals surface area contributed by atoms with Crippen LogP contribution in [0.15, 0.2) is 0 Å². The monoisotopic (exact) mass is 286 g/mol. The smallest absolute Gasteiger partial charge is 0.222 e. The van der Waals surface area contributed by atoms with Crippen LogP contribution in [0.5, 0.6) is 0 Å². The second-order valence-corrected chi connectivity index (χ2v) is 5.98. The Labute approximate surface area is 122 Å². The third-order valence-electron chi connectivity index (χ3n) is 4.30. The first-order valence-electron chi connectivity index (χ1n) is 7.75. The van der Waals surface area contributed by atoms with Crippen molar-refractivity contribution in [3.8, 4) is 0 Å². The molecule has 0 saturated carbocycles. The fourth-order valence-electron chi connectivity index (χ4n) is 2.75. The zero-order chi connectivity index (χ0) is 15.0. The Morgan fingerprint density at radius 1 is 1.40 bits per heavy atom. The van der Waals surface area contributed by atoms with Gasteiger partial charge in [0.25, 0.3) is 0 Å². The van der Waals surface area contributed by atoms with Gasteiger partial charge in [-0.15, -0.1) is 0 Å². The Balaban J connectivity index is 2.34. The zero-order valence-corrected chi connectivity index (χ0v) is 12.9. The van der Waals surface area contributed by atoms with Crippen LogP contribution in [0.3, 0.4) is 0 Å². The maximum absolute atomic E-state index is 12.1. The molecule has 1 aliphatic heterocycles. The molecule has 0 aromatic rings. The molecule has 1 heterocycles. The molecule has 0 bridgehead atoms. The molecular weight excluding hydrogens is 256 g/mol. The van der Waals surface area contributed by atoms with E-state index in [1.54, 1.807) is 11.9 Å². The molecule has 5 heteroatoms. The number of carbonyl (C=O) groups excluding carboxylic acids is 1. The molecule has 1 saturated heterocycles. The van der Waals surface area contributed by atoms with E-state index in [1.807, 2.05) is 0 Å². The largest absolute Gasteiger partial charge is 0.388 e. The maximum atomic E-state index is 12.1. The van der Waals surface area contributed by atoms with E-state index in [0.29, 0.717) is 51.5 Å². The number of amides is 1. The SMILES string of the molecule is CCC(CCN)CCC(=O)N(C)CC1(O)CCOCC1. The number of aliphatic hydroxyl groups is 1. The maximum Gasteiger partial charge on any atom is 0.222 e. The van der Waals surface area contributed by atoms with E-state index in [-0.39, 0.29) is 5.91 Å². The predicted octanol–water partition coefficient (Wildman–Crippen LogP) is 1.14. The fraction of sp³-hybridized carbons (Fsp3) is 0.933. The normalized spacial score (nSPS) is 19.6. The van der Waals surface area contributed by atoms with Crippen molar-refractivity contribution < 1.29 is 14.6 Å². The lowest BCUT2D eigenvalue weighted by molar-refractivity contribution is -0.137. The molecule has 1 unspecified atom stereocenters. The molecule has 0 spiro atoms. The topological polar surface area (TPSA) is 75.8 Å². The first kappa shape index (κ1) is 17.4. The van der Waals surface area contributed by atoms with Crippen molar-refractivity contribution in [2.75, 3.05) is 33.4 Å². The van der Waals surface area contributed by atoms with E-state index in [0.717, 1.165) is 19.3 Å². The Morgan fingerprint density at radius 2 is 2.05 bits per heavy atom. The van der Waals surface area contributed by atoms with E-state index in [2.05, 4.69) is 6.92 Å². The highest BCUT2D eigenvalue weighted by Gasteiger charge is 2.32. The molecule has 1 amide bonds. The number of nitrogens with two attached hydrogens (primary N) is 1. The zero-order valence-electron chi connectivity index (χ0n) is 12.9. The van der Waals surface area contributed by atoms with Crippen LogP contribution >= 0.6 is 0 Å².